The maximum atomic E-state index is 12.4. The number of pyridine rings is 1. The Kier molecular flexibility index (Phi) is 5.51. The third-order valence-electron chi connectivity index (χ3n) is 4.83. The molecule has 3 aromatic rings. The van der Waals surface area contributed by atoms with Gasteiger partial charge in [0.05, 0.1) is 23.5 Å². The number of piperidine rings is 1. The van der Waals surface area contributed by atoms with Crippen molar-refractivity contribution in [1.82, 2.24) is 24.5 Å². The topological polar surface area (TPSA) is 84.6 Å². The predicted molar refractivity (Wildman–Crippen MR) is 116 cm³/mol. The Balaban J connectivity index is 1.52. The maximum Gasteiger partial charge on any atom is 0.410 e. The van der Waals surface area contributed by atoms with Gasteiger partial charge in [0.25, 0.3) is 0 Å². The molecule has 4 heterocycles. The van der Waals surface area contributed by atoms with Crippen molar-refractivity contribution in [2.45, 2.75) is 45.3 Å². The molecule has 1 atom stereocenters. The lowest BCUT2D eigenvalue weighted by atomic mass is 10.1. The minimum atomic E-state index is -0.517. The number of halogens is 1. The van der Waals surface area contributed by atoms with E-state index in [-0.39, 0.29) is 12.1 Å². The molecule has 30 heavy (non-hydrogen) atoms. The molecule has 0 aromatic carbocycles. The van der Waals surface area contributed by atoms with Crippen LogP contribution in [0.4, 0.5) is 10.6 Å². The van der Waals surface area contributed by atoms with E-state index in [0.29, 0.717) is 29.8 Å². The highest BCUT2D eigenvalue weighted by atomic mass is 35.5. The normalized spacial score (nSPS) is 17.2. The number of anilines is 1. The fourth-order valence-corrected chi connectivity index (χ4v) is 3.63. The first-order valence-corrected chi connectivity index (χ1v) is 10.4. The molecule has 3 aromatic heterocycles. The van der Waals surface area contributed by atoms with E-state index in [1.807, 2.05) is 45.2 Å². The Labute approximate surface area is 180 Å². The Morgan fingerprint density at radius 3 is 2.93 bits per heavy atom. The number of aromatic nitrogens is 4. The van der Waals surface area contributed by atoms with Crippen LogP contribution in [0.5, 0.6) is 0 Å². The van der Waals surface area contributed by atoms with Gasteiger partial charge in [-0.2, -0.15) is 5.10 Å². The first-order chi connectivity index (χ1) is 14.3. The molecule has 1 amide bonds. The Bertz CT molecular complexity index is 1060. The molecule has 8 nitrogen and oxygen atoms in total. The van der Waals surface area contributed by atoms with E-state index in [1.165, 1.54) is 0 Å². The summed E-state index contributed by atoms with van der Waals surface area (Å²) in [6.07, 6.45) is 6.70. The van der Waals surface area contributed by atoms with Crippen LogP contribution in [0.3, 0.4) is 0 Å². The lowest BCUT2D eigenvalue weighted by molar-refractivity contribution is 0.0206. The van der Waals surface area contributed by atoms with Crippen molar-refractivity contribution < 1.29 is 9.53 Å². The van der Waals surface area contributed by atoms with Gasteiger partial charge in [-0.3, -0.25) is 0 Å². The average Bonchev–Trinajstić information content (AvgIpc) is 3.13. The number of ether oxygens (including phenoxy) is 1. The molecule has 1 aliphatic rings. The second-order valence-electron chi connectivity index (χ2n) is 8.39. The fourth-order valence-electron chi connectivity index (χ4n) is 3.49. The summed E-state index contributed by atoms with van der Waals surface area (Å²) in [6, 6.07) is 5.85. The summed E-state index contributed by atoms with van der Waals surface area (Å²) in [5.41, 5.74) is 1.23. The van der Waals surface area contributed by atoms with Gasteiger partial charge in [0, 0.05) is 25.3 Å². The van der Waals surface area contributed by atoms with Crippen molar-refractivity contribution in [2.75, 3.05) is 18.4 Å². The molecule has 1 saturated heterocycles. The fraction of sp³-hybridized carbons (Fsp3) is 0.429. The first-order valence-electron chi connectivity index (χ1n) is 10.00. The smallest absolute Gasteiger partial charge is 0.410 e. The minimum Gasteiger partial charge on any atom is -0.444 e. The van der Waals surface area contributed by atoms with E-state index in [0.717, 1.165) is 23.9 Å². The van der Waals surface area contributed by atoms with Crippen molar-refractivity contribution in [1.29, 1.82) is 0 Å². The Hall–Kier alpha value is -2.87. The molecule has 0 saturated carbocycles. The summed E-state index contributed by atoms with van der Waals surface area (Å²) in [5, 5.41) is 8.17. The van der Waals surface area contributed by atoms with Crippen LogP contribution in [0.1, 0.15) is 33.6 Å². The summed E-state index contributed by atoms with van der Waals surface area (Å²) >= 11 is 6.37. The lowest BCUT2D eigenvalue weighted by Gasteiger charge is -2.34. The van der Waals surface area contributed by atoms with E-state index in [4.69, 9.17) is 16.3 Å². The number of carbonyl (C=O) groups is 1. The molecule has 4 rings (SSSR count). The molecule has 1 fully saturated rings. The lowest BCUT2D eigenvalue weighted by Crippen LogP contribution is -2.47. The van der Waals surface area contributed by atoms with Crippen LogP contribution in [0.25, 0.3) is 16.9 Å². The van der Waals surface area contributed by atoms with Gasteiger partial charge in [-0.25, -0.2) is 19.3 Å². The molecule has 0 spiro atoms. The second-order valence-corrected chi connectivity index (χ2v) is 8.80. The van der Waals surface area contributed by atoms with Gasteiger partial charge in [-0.05, 0) is 45.7 Å². The number of fused-ring (bicyclic) bond motifs is 1. The van der Waals surface area contributed by atoms with Crippen LogP contribution >= 0.6 is 11.6 Å². The molecule has 1 N–H and O–H groups in total. The van der Waals surface area contributed by atoms with E-state index in [2.05, 4.69) is 20.4 Å². The number of hydrogen-bond donors (Lipinski definition) is 1. The zero-order chi connectivity index (χ0) is 21.3. The van der Waals surface area contributed by atoms with E-state index in [1.54, 1.807) is 21.8 Å². The summed E-state index contributed by atoms with van der Waals surface area (Å²) in [4.78, 5) is 23.2. The summed E-state index contributed by atoms with van der Waals surface area (Å²) in [6.45, 7) is 6.81. The van der Waals surface area contributed by atoms with Gasteiger partial charge in [-0.15, -0.1) is 0 Å². The van der Waals surface area contributed by atoms with Crippen molar-refractivity contribution in [3.63, 3.8) is 0 Å². The van der Waals surface area contributed by atoms with Crippen molar-refractivity contribution in [3.8, 4) is 11.4 Å². The van der Waals surface area contributed by atoms with Gasteiger partial charge in [0.15, 0.2) is 5.82 Å². The third-order valence-corrected chi connectivity index (χ3v) is 5.10. The molecule has 0 aliphatic carbocycles. The summed E-state index contributed by atoms with van der Waals surface area (Å²) in [5.74, 6) is 1.09. The molecular formula is C21H25ClN6O2. The summed E-state index contributed by atoms with van der Waals surface area (Å²) in [7, 11) is 0. The van der Waals surface area contributed by atoms with Crippen LogP contribution in [0.15, 0.2) is 36.8 Å². The predicted octanol–water partition coefficient (Wildman–Crippen LogP) is 4.26. The Morgan fingerprint density at radius 2 is 2.13 bits per heavy atom. The number of amides is 1. The van der Waals surface area contributed by atoms with Gasteiger partial charge in [0.1, 0.15) is 16.4 Å². The first kappa shape index (κ1) is 20.4. The van der Waals surface area contributed by atoms with Crippen LogP contribution in [-0.4, -0.2) is 55.3 Å². The number of rotatable bonds is 3. The SMILES string of the molecule is CC(C)(C)OC(=O)N1CCCC(Nc2nc(-c3cnn4ccccc34)ncc2Cl)C1. The monoisotopic (exact) mass is 428 g/mol. The average molecular weight is 429 g/mol. The van der Waals surface area contributed by atoms with Crippen LogP contribution in [0.2, 0.25) is 5.02 Å². The molecule has 158 valence electrons. The van der Waals surface area contributed by atoms with E-state index in [9.17, 15) is 4.79 Å². The largest absolute Gasteiger partial charge is 0.444 e. The van der Waals surface area contributed by atoms with E-state index >= 15 is 0 Å². The molecule has 0 bridgehead atoms. The number of nitrogens with zero attached hydrogens (tertiary/aromatic N) is 5. The number of carbonyl (C=O) groups excluding carboxylic acids is 1. The quantitative estimate of drug-likeness (QED) is 0.671. The summed E-state index contributed by atoms with van der Waals surface area (Å²) < 4.78 is 7.28. The number of nitrogens with one attached hydrogen (secondary N) is 1. The maximum absolute atomic E-state index is 12.4. The van der Waals surface area contributed by atoms with Crippen molar-refractivity contribution in [3.05, 3.63) is 41.8 Å². The molecule has 1 unspecified atom stereocenters. The second kappa shape index (κ2) is 8.10. The van der Waals surface area contributed by atoms with Gasteiger partial charge >= 0.3 is 6.09 Å². The van der Waals surface area contributed by atoms with Crippen LogP contribution < -0.4 is 5.32 Å². The highest BCUT2D eigenvalue weighted by Gasteiger charge is 2.28. The van der Waals surface area contributed by atoms with Crippen LogP contribution in [-0.2, 0) is 4.74 Å². The molecule has 0 radical (unpaired) electrons. The van der Waals surface area contributed by atoms with Gasteiger partial charge in [-0.1, -0.05) is 17.7 Å². The molecular weight excluding hydrogens is 404 g/mol. The zero-order valence-electron chi connectivity index (χ0n) is 17.3. The number of hydrogen-bond acceptors (Lipinski definition) is 6. The number of likely N-dealkylation sites (tertiary alicyclic amines) is 1. The van der Waals surface area contributed by atoms with Gasteiger partial charge < -0.3 is 15.0 Å². The van der Waals surface area contributed by atoms with Crippen molar-refractivity contribution in [2.24, 2.45) is 0 Å². The molecule has 1 aliphatic heterocycles. The van der Waals surface area contributed by atoms with Crippen molar-refractivity contribution >= 4 is 29.0 Å². The van der Waals surface area contributed by atoms with Crippen LogP contribution in [0, 0.1) is 0 Å². The highest BCUT2D eigenvalue weighted by Crippen LogP contribution is 2.27. The minimum absolute atomic E-state index is 0.0235. The van der Waals surface area contributed by atoms with E-state index < -0.39 is 5.60 Å². The third kappa shape index (κ3) is 4.48. The zero-order valence-corrected chi connectivity index (χ0v) is 18.1. The molecule has 9 heteroatoms. The van der Waals surface area contributed by atoms with Gasteiger partial charge in [0.2, 0.25) is 0 Å². The standard InChI is InChI=1S/C21H25ClN6O2/c1-21(2,3)30-20(29)27-9-6-7-14(13-27)25-19-16(22)12-23-18(26-19)15-11-24-28-10-5-4-8-17(15)28/h4-5,8,10-12,14H,6-7,9,13H2,1-3H3,(H,23,25,26). The Morgan fingerprint density at radius 1 is 1.30 bits per heavy atom. The highest BCUT2D eigenvalue weighted by molar-refractivity contribution is 6.32.